The van der Waals surface area contributed by atoms with Crippen LogP contribution < -0.4 is 5.32 Å². The lowest BCUT2D eigenvalue weighted by atomic mass is 10.1. The number of carbonyl (C=O) groups excluding carboxylic acids is 1. The maximum Gasteiger partial charge on any atom is 0.399 e. The lowest BCUT2D eigenvalue weighted by Crippen LogP contribution is -2.13. The lowest BCUT2D eigenvalue weighted by Gasteiger charge is -2.18. The smallest absolute Gasteiger partial charge is 0.399 e. The molecule has 0 aliphatic carbocycles. The van der Waals surface area contributed by atoms with Crippen molar-refractivity contribution in [3.05, 3.63) is 53.1 Å². The minimum atomic E-state index is -5.61. The Balaban J connectivity index is 1.79. The summed E-state index contributed by atoms with van der Waals surface area (Å²) in [6.07, 6.45) is 0.633. The number of hydrogen-bond acceptors (Lipinski definition) is 6. The van der Waals surface area contributed by atoms with Gasteiger partial charge in [0.05, 0.1) is 0 Å². The van der Waals surface area contributed by atoms with E-state index in [4.69, 9.17) is 14.9 Å². The minimum Gasteiger partial charge on any atom is -0.506 e. The molecule has 0 bridgehead atoms. The van der Waals surface area contributed by atoms with Gasteiger partial charge in [0.2, 0.25) is 5.91 Å². The number of benzene rings is 2. The van der Waals surface area contributed by atoms with Crippen LogP contribution in [0, 0.1) is 0 Å². The molecule has 32 heavy (non-hydrogen) atoms. The molecule has 0 atom stereocenters. The lowest BCUT2D eigenvalue weighted by molar-refractivity contribution is -0.116. The van der Waals surface area contributed by atoms with E-state index in [1.165, 1.54) is 30.0 Å². The van der Waals surface area contributed by atoms with Crippen LogP contribution in [0.25, 0.3) is 0 Å². The Morgan fingerprint density at radius 1 is 1.16 bits per heavy atom. The zero-order chi connectivity index (χ0) is 24.1. The van der Waals surface area contributed by atoms with Gasteiger partial charge in [0, 0.05) is 28.3 Å². The van der Waals surface area contributed by atoms with Crippen LogP contribution in [0.4, 0.5) is 14.5 Å². The number of aromatic carboxylic acids is 1. The highest BCUT2D eigenvalue weighted by molar-refractivity contribution is 7.98. The van der Waals surface area contributed by atoms with Crippen LogP contribution >= 0.6 is 32.0 Å². The normalized spacial score (nSPS) is 11.9. The van der Waals surface area contributed by atoms with Gasteiger partial charge in [-0.1, -0.05) is 24.3 Å². The van der Waals surface area contributed by atoms with Crippen LogP contribution in [0.15, 0.2) is 41.3 Å². The number of aromatic hydroxyl groups is 1. The van der Waals surface area contributed by atoms with Crippen molar-refractivity contribution in [3.63, 3.8) is 0 Å². The first-order chi connectivity index (χ1) is 14.8. The third kappa shape index (κ3) is 6.69. The molecule has 13 heteroatoms. The number of amides is 1. The highest BCUT2D eigenvalue weighted by atomic mass is 32.2. The van der Waals surface area contributed by atoms with Gasteiger partial charge >= 0.3 is 19.2 Å². The summed E-state index contributed by atoms with van der Waals surface area (Å²) >= 11 is 5.42. The van der Waals surface area contributed by atoms with Gasteiger partial charge in [-0.15, -0.1) is 12.6 Å². The van der Waals surface area contributed by atoms with E-state index in [0.29, 0.717) is 23.5 Å². The Morgan fingerprint density at radius 3 is 2.34 bits per heavy atom. The number of thioether (sulfide) groups is 1. The topological polar surface area (TPSA) is 144 Å². The molecule has 0 radical (unpaired) electrons. The zero-order valence-corrected chi connectivity index (χ0v) is 19.0. The average Bonchev–Trinajstić information content (AvgIpc) is 2.69. The molecule has 1 amide bonds. The Hall–Kier alpha value is -2.11. The van der Waals surface area contributed by atoms with Crippen LogP contribution in [0.3, 0.4) is 0 Å². The average molecular weight is 507 g/mol. The Morgan fingerprint density at radius 2 is 1.78 bits per heavy atom. The number of thiol groups is 1. The zero-order valence-electron chi connectivity index (χ0n) is 16.4. The number of carboxylic acid groups (broad SMARTS) is 1. The van der Waals surface area contributed by atoms with Crippen LogP contribution in [0.2, 0.25) is 0 Å². The maximum absolute atomic E-state index is 13.6. The molecule has 0 aromatic heterocycles. The van der Waals surface area contributed by atoms with Gasteiger partial charge < -0.3 is 25.3 Å². The highest BCUT2D eigenvalue weighted by Crippen LogP contribution is 2.59. The van der Waals surface area contributed by atoms with Crippen LogP contribution in [0.5, 0.6) is 5.75 Å². The summed E-state index contributed by atoms with van der Waals surface area (Å²) in [6.45, 7) is 0. The molecule has 0 heterocycles. The summed E-state index contributed by atoms with van der Waals surface area (Å²) in [7, 11) is -5.61. The Kier molecular flexibility index (Phi) is 8.72. The third-order valence-corrected chi connectivity index (χ3v) is 6.68. The molecule has 0 aliphatic rings. The molecular formula is C19H20F2NO7PS2. The maximum atomic E-state index is 13.6. The molecule has 0 saturated carbocycles. The molecule has 2 rings (SSSR count). The summed E-state index contributed by atoms with van der Waals surface area (Å²) in [6, 6.07) is 7.13. The number of carbonyl (C=O) groups is 2. The van der Waals surface area contributed by atoms with E-state index >= 15 is 0 Å². The number of carboxylic acids is 1. The van der Waals surface area contributed by atoms with Gasteiger partial charge in [0.25, 0.3) is 0 Å². The van der Waals surface area contributed by atoms with E-state index in [9.17, 15) is 28.0 Å². The number of phenols is 1. The van der Waals surface area contributed by atoms with Gasteiger partial charge in [0.15, 0.2) is 0 Å². The van der Waals surface area contributed by atoms with E-state index in [2.05, 4.69) is 17.9 Å². The molecule has 5 N–H and O–H groups in total. The van der Waals surface area contributed by atoms with E-state index in [-0.39, 0.29) is 28.5 Å². The first kappa shape index (κ1) is 26.1. The quantitative estimate of drug-likeness (QED) is 0.121. The predicted octanol–water partition coefficient (Wildman–Crippen LogP) is 4.26. The number of nitrogens with one attached hydrogen (secondary N) is 1. The van der Waals surface area contributed by atoms with Crippen LogP contribution in [-0.4, -0.2) is 37.6 Å². The molecule has 0 aliphatic heterocycles. The monoisotopic (exact) mass is 507 g/mol. The van der Waals surface area contributed by atoms with E-state index in [1.807, 2.05) is 0 Å². The van der Waals surface area contributed by atoms with E-state index in [1.54, 1.807) is 0 Å². The van der Waals surface area contributed by atoms with Gasteiger partial charge in [-0.2, -0.15) is 20.5 Å². The van der Waals surface area contributed by atoms with Crippen molar-refractivity contribution in [2.75, 3.05) is 11.1 Å². The highest BCUT2D eigenvalue weighted by Gasteiger charge is 2.50. The molecule has 2 aromatic rings. The number of halogens is 2. The summed E-state index contributed by atoms with van der Waals surface area (Å²) < 4.78 is 38.2. The summed E-state index contributed by atoms with van der Waals surface area (Å²) in [5, 5.41) is 21.3. The van der Waals surface area contributed by atoms with Crippen LogP contribution in [-0.2, 0) is 20.8 Å². The Bertz CT molecular complexity index is 1040. The van der Waals surface area contributed by atoms with Crippen molar-refractivity contribution < 1.29 is 42.9 Å². The van der Waals surface area contributed by atoms with Crippen molar-refractivity contribution in [3.8, 4) is 5.75 Å². The molecule has 0 spiro atoms. The summed E-state index contributed by atoms with van der Waals surface area (Å²) in [5.74, 6) is -1.18. The second kappa shape index (κ2) is 10.7. The molecule has 8 nitrogen and oxygen atoms in total. The first-order valence-corrected chi connectivity index (χ1v) is 12.2. The van der Waals surface area contributed by atoms with Crippen molar-refractivity contribution in [1.29, 1.82) is 0 Å². The van der Waals surface area contributed by atoms with E-state index < -0.39 is 30.5 Å². The van der Waals surface area contributed by atoms with Gasteiger partial charge in [-0.25, -0.2) is 4.79 Å². The van der Waals surface area contributed by atoms with E-state index in [0.717, 1.165) is 18.2 Å². The second-order valence-electron chi connectivity index (χ2n) is 6.68. The molecule has 0 unspecified atom stereocenters. The second-order valence-corrected chi connectivity index (χ2v) is 9.92. The number of alkyl halides is 2. The third-order valence-electron chi connectivity index (χ3n) is 4.23. The van der Waals surface area contributed by atoms with Gasteiger partial charge in [0.1, 0.15) is 11.3 Å². The minimum absolute atomic E-state index is 0.0142. The van der Waals surface area contributed by atoms with Crippen molar-refractivity contribution in [2.24, 2.45) is 0 Å². The number of hydrogen-bond donors (Lipinski definition) is 6. The molecule has 0 fully saturated rings. The molecular weight excluding hydrogens is 487 g/mol. The van der Waals surface area contributed by atoms with Crippen molar-refractivity contribution in [1.82, 2.24) is 0 Å². The predicted molar refractivity (Wildman–Crippen MR) is 119 cm³/mol. The largest absolute Gasteiger partial charge is 0.506 e. The van der Waals surface area contributed by atoms with Gasteiger partial charge in [-0.05, 0) is 29.9 Å². The SMILES string of the molecule is O=C(CCCSCc1ccc(C(F)(F)P(=O)(O)O)cc1)Nc1cc(S)c(O)c(C(=O)O)c1. The summed E-state index contributed by atoms with van der Waals surface area (Å²) in [5.41, 5.74) is -4.53. The number of anilines is 1. The fraction of sp³-hybridized carbons (Fsp3) is 0.263. The summed E-state index contributed by atoms with van der Waals surface area (Å²) in [4.78, 5) is 40.7. The fourth-order valence-corrected chi connectivity index (χ4v) is 4.24. The first-order valence-electron chi connectivity index (χ1n) is 9.02. The molecule has 174 valence electrons. The van der Waals surface area contributed by atoms with Gasteiger partial charge in [-0.3, -0.25) is 9.36 Å². The van der Waals surface area contributed by atoms with Crippen molar-refractivity contribution in [2.45, 2.75) is 29.2 Å². The molecule has 0 saturated heterocycles. The fourth-order valence-electron chi connectivity index (χ4n) is 2.57. The molecule has 2 aromatic carbocycles. The van der Waals surface area contributed by atoms with Crippen molar-refractivity contribution >= 4 is 49.6 Å². The number of rotatable bonds is 10. The van der Waals surface area contributed by atoms with Crippen LogP contribution in [0.1, 0.15) is 34.3 Å². The standard InChI is InChI=1S/C19H20F2NO7PS2/c20-19(21,30(27,28)29)12-5-3-11(4-6-12)10-32-7-1-2-16(23)22-13-8-14(18(25)26)17(24)15(31)9-13/h3-6,8-9,24,31H,1-2,7,10H2,(H,22,23)(H,25,26)(H2,27,28,29). The Labute approximate surface area is 191 Å².